The van der Waals surface area contributed by atoms with E-state index in [-0.39, 0.29) is 5.56 Å². The van der Waals surface area contributed by atoms with E-state index in [2.05, 4.69) is 33.2 Å². The molecule has 5 heteroatoms. The van der Waals surface area contributed by atoms with E-state index in [1.54, 1.807) is 12.3 Å². The number of halogens is 1. The van der Waals surface area contributed by atoms with Crippen LogP contribution in [0.5, 0.6) is 0 Å². The molecule has 1 aliphatic rings. The van der Waals surface area contributed by atoms with Crippen molar-refractivity contribution in [2.24, 2.45) is 11.8 Å². The molecule has 0 aromatic carbocycles. The average molecular weight is 341 g/mol. The number of pyridine rings is 1. The van der Waals surface area contributed by atoms with Gasteiger partial charge < -0.3 is 10.4 Å². The molecule has 2 unspecified atom stereocenters. The predicted molar refractivity (Wildman–Crippen MR) is 83.1 cm³/mol. The van der Waals surface area contributed by atoms with Gasteiger partial charge in [-0.15, -0.1) is 0 Å². The lowest BCUT2D eigenvalue weighted by atomic mass is 9.81. The minimum atomic E-state index is -0.951. The highest BCUT2D eigenvalue weighted by Crippen LogP contribution is 2.30. The fraction of sp³-hybridized carbons (Fsp3) is 0.600. The number of carboxylic acid groups (broad SMARTS) is 1. The Hall–Kier alpha value is -1.10. The SMILES string of the molecule is CC1CCCC(CCNc2ncc(Br)cc2C(=O)O)C1. The average Bonchev–Trinajstić information content (AvgIpc) is 2.40. The highest BCUT2D eigenvalue weighted by atomic mass is 79.9. The van der Waals surface area contributed by atoms with Crippen molar-refractivity contribution < 1.29 is 9.90 Å². The topological polar surface area (TPSA) is 62.2 Å². The van der Waals surface area contributed by atoms with Gasteiger partial charge in [-0.25, -0.2) is 9.78 Å². The predicted octanol–water partition coefficient (Wildman–Crippen LogP) is 4.17. The van der Waals surface area contributed by atoms with Crippen molar-refractivity contribution in [3.05, 3.63) is 22.3 Å². The largest absolute Gasteiger partial charge is 0.478 e. The first kappa shape index (κ1) is 15.3. The molecule has 1 aromatic heterocycles. The number of nitrogens with one attached hydrogen (secondary N) is 1. The van der Waals surface area contributed by atoms with E-state index < -0.39 is 5.97 Å². The molecular weight excluding hydrogens is 320 g/mol. The van der Waals surface area contributed by atoms with Crippen molar-refractivity contribution in [1.82, 2.24) is 4.98 Å². The third kappa shape index (κ3) is 4.20. The van der Waals surface area contributed by atoms with Crippen molar-refractivity contribution >= 4 is 27.7 Å². The molecule has 2 N–H and O–H groups in total. The summed E-state index contributed by atoms with van der Waals surface area (Å²) in [5, 5.41) is 12.3. The molecule has 20 heavy (non-hydrogen) atoms. The summed E-state index contributed by atoms with van der Waals surface area (Å²) in [7, 11) is 0. The van der Waals surface area contributed by atoms with Crippen LogP contribution in [0.25, 0.3) is 0 Å². The number of carboxylic acids is 1. The Kier molecular flexibility index (Phi) is 5.40. The smallest absolute Gasteiger partial charge is 0.339 e. The summed E-state index contributed by atoms with van der Waals surface area (Å²) in [6, 6.07) is 1.58. The van der Waals surface area contributed by atoms with Crippen molar-refractivity contribution in [3.63, 3.8) is 0 Å². The van der Waals surface area contributed by atoms with Crippen molar-refractivity contribution in [3.8, 4) is 0 Å². The molecule has 1 aromatic rings. The van der Waals surface area contributed by atoms with E-state index in [9.17, 15) is 9.90 Å². The lowest BCUT2D eigenvalue weighted by Gasteiger charge is -2.26. The lowest BCUT2D eigenvalue weighted by molar-refractivity contribution is 0.0697. The zero-order valence-electron chi connectivity index (χ0n) is 11.7. The Balaban J connectivity index is 1.89. The van der Waals surface area contributed by atoms with Crippen molar-refractivity contribution in [2.45, 2.75) is 39.0 Å². The van der Waals surface area contributed by atoms with E-state index in [0.717, 1.165) is 24.8 Å². The van der Waals surface area contributed by atoms with Crippen LogP contribution in [-0.4, -0.2) is 22.6 Å². The number of aromatic carboxylic acids is 1. The van der Waals surface area contributed by atoms with Gasteiger partial charge in [0.15, 0.2) is 0 Å². The van der Waals surface area contributed by atoms with Gasteiger partial charge in [0.05, 0.1) is 0 Å². The second kappa shape index (κ2) is 7.07. The Labute approximate surface area is 128 Å². The molecule has 1 fully saturated rings. The number of rotatable bonds is 5. The number of aromatic nitrogens is 1. The van der Waals surface area contributed by atoms with Crippen molar-refractivity contribution in [2.75, 3.05) is 11.9 Å². The van der Waals surface area contributed by atoms with Crippen LogP contribution < -0.4 is 5.32 Å². The van der Waals surface area contributed by atoms with Gasteiger partial charge in [-0.1, -0.05) is 26.2 Å². The van der Waals surface area contributed by atoms with Crippen LogP contribution in [0.2, 0.25) is 0 Å². The van der Waals surface area contributed by atoms with Gasteiger partial charge in [0, 0.05) is 17.2 Å². The summed E-state index contributed by atoms with van der Waals surface area (Å²) in [5.74, 6) is 1.10. The van der Waals surface area contributed by atoms with E-state index in [4.69, 9.17) is 0 Å². The first-order valence-electron chi connectivity index (χ1n) is 7.19. The molecule has 2 rings (SSSR count). The number of carbonyl (C=O) groups is 1. The molecule has 0 bridgehead atoms. The molecule has 1 heterocycles. The van der Waals surface area contributed by atoms with Crippen LogP contribution in [-0.2, 0) is 0 Å². The molecule has 1 saturated carbocycles. The highest BCUT2D eigenvalue weighted by molar-refractivity contribution is 9.10. The maximum absolute atomic E-state index is 11.2. The third-order valence-corrected chi connectivity index (χ3v) is 4.41. The Morgan fingerprint density at radius 3 is 3.05 bits per heavy atom. The summed E-state index contributed by atoms with van der Waals surface area (Å²) in [4.78, 5) is 15.3. The minimum absolute atomic E-state index is 0.219. The maximum atomic E-state index is 11.2. The molecule has 0 amide bonds. The minimum Gasteiger partial charge on any atom is -0.478 e. The normalized spacial score (nSPS) is 22.5. The van der Waals surface area contributed by atoms with Crippen LogP contribution in [0.3, 0.4) is 0 Å². The Bertz CT molecular complexity index is 479. The van der Waals surface area contributed by atoms with Gasteiger partial charge in [-0.2, -0.15) is 0 Å². The highest BCUT2D eigenvalue weighted by Gasteiger charge is 2.19. The van der Waals surface area contributed by atoms with E-state index in [1.807, 2.05) is 0 Å². The Morgan fingerprint density at radius 2 is 2.35 bits per heavy atom. The van der Waals surface area contributed by atoms with Gasteiger partial charge >= 0.3 is 5.97 Å². The van der Waals surface area contributed by atoms with E-state index >= 15 is 0 Å². The fourth-order valence-electron chi connectivity index (χ4n) is 2.96. The zero-order valence-corrected chi connectivity index (χ0v) is 13.3. The summed E-state index contributed by atoms with van der Waals surface area (Å²) in [6.07, 6.45) is 7.97. The number of anilines is 1. The molecule has 0 aliphatic heterocycles. The number of hydrogen-bond donors (Lipinski definition) is 2. The van der Waals surface area contributed by atoms with Crippen molar-refractivity contribution in [1.29, 1.82) is 0 Å². The quantitative estimate of drug-likeness (QED) is 0.844. The zero-order chi connectivity index (χ0) is 14.5. The Morgan fingerprint density at radius 1 is 1.55 bits per heavy atom. The van der Waals surface area contributed by atoms with Gasteiger partial charge in [-0.05, 0) is 46.7 Å². The number of hydrogen-bond acceptors (Lipinski definition) is 3. The van der Waals surface area contributed by atoms with E-state index in [0.29, 0.717) is 10.3 Å². The lowest BCUT2D eigenvalue weighted by Crippen LogP contribution is -2.17. The fourth-order valence-corrected chi connectivity index (χ4v) is 3.29. The molecule has 0 radical (unpaired) electrons. The van der Waals surface area contributed by atoms with E-state index in [1.165, 1.54) is 25.7 Å². The van der Waals surface area contributed by atoms with Crippen LogP contribution in [0, 0.1) is 11.8 Å². The maximum Gasteiger partial charge on any atom is 0.339 e. The van der Waals surface area contributed by atoms with Crippen LogP contribution in [0.4, 0.5) is 5.82 Å². The second-order valence-corrected chi connectivity index (χ2v) is 6.62. The van der Waals surface area contributed by atoms with Gasteiger partial charge in [0.25, 0.3) is 0 Å². The van der Waals surface area contributed by atoms with Crippen LogP contribution in [0.1, 0.15) is 49.4 Å². The number of nitrogens with zero attached hydrogens (tertiary/aromatic N) is 1. The third-order valence-electron chi connectivity index (χ3n) is 3.97. The summed E-state index contributed by atoms with van der Waals surface area (Å²) < 4.78 is 0.682. The summed E-state index contributed by atoms with van der Waals surface area (Å²) >= 11 is 3.25. The molecule has 0 spiro atoms. The second-order valence-electron chi connectivity index (χ2n) is 5.71. The standard InChI is InChI=1S/C15H21BrN2O2/c1-10-3-2-4-11(7-10)5-6-17-14-13(15(19)20)8-12(16)9-18-14/h8-11H,2-7H2,1H3,(H,17,18)(H,19,20). The van der Waals surface area contributed by atoms with Gasteiger partial charge in [0.1, 0.15) is 11.4 Å². The molecule has 1 aliphatic carbocycles. The first-order chi connectivity index (χ1) is 9.56. The monoisotopic (exact) mass is 340 g/mol. The molecular formula is C15H21BrN2O2. The van der Waals surface area contributed by atoms with Crippen LogP contribution in [0.15, 0.2) is 16.7 Å². The summed E-state index contributed by atoms with van der Waals surface area (Å²) in [5.41, 5.74) is 0.219. The summed E-state index contributed by atoms with van der Waals surface area (Å²) in [6.45, 7) is 3.10. The molecule has 4 nitrogen and oxygen atoms in total. The van der Waals surface area contributed by atoms with Gasteiger partial charge in [0.2, 0.25) is 0 Å². The van der Waals surface area contributed by atoms with Crippen LogP contribution >= 0.6 is 15.9 Å². The molecule has 0 saturated heterocycles. The first-order valence-corrected chi connectivity index (χ1v) is 7.98. The molecule has 110 valence electrons. The molecule has 2 atom stereocenters. The van der Waals surface area contributed by atoms with Gasteiger partial charge in [-0.3, -0.25) is 0 Å².